The number of ether oxygens (including phenoxy) is 3. The Balaban J connectivity index is 1.10. The van der Waals surface area contributed by atoms with Crippen molar-refractivity contribution >= 4 is 17.4 Å². The Morgan fingerprint density at radius 1 is 1.08 bits per heavy atom. The number of benzene rings is 2. The number of halogens is 3. The number of anilines is 1. The summed E-state index contributed by atoms with van der Waals surface area (Å²) in [7, 11) is 0. The molecule has 2 aromatic carbocycles. The van der Waals surface area contributed by atoms with Crippen LogP contribution in [0.4, 0.5) is 24.7 Å². The third-order valence-corrected chi connectivity index (χ3v) is 6.40. The predicted octanol–water partition coefficient (Wildman–Crippen LogP) is 3.88. The molecule has 1 aromatic heterocycles. The Labute approximate surface area is 220 Å². The van der Waals surface area contributed by atoms with Gasteiger partial charge in [-0.1, -0.05) is 0 Å². The molecule has 3 aromatic rings. The number of alkyl halides is 3. The van der Waals surface area contributed by atoms with Crippen LogP contribution < -0.4 is 19.1 Å². The van der Waals surface area contributed by atoms with Crippen LogP contribution >= 0.6 is 0 Å². The summed E-state index contributed by atoms with van der Waals surface area (Å²) in [4.78, 5) is 30.7. The van der Waals surface area contributed by atoms with Crippen LogP contribution in [0.5, 0.6) is 17.5 Å². The predicted molar refractivity (Wildman–Crippen MR) is 131 cm³/mol. The van der Waals surface area contributed by atoms with Crippen LogP contribution in [0.25, 0.3) is 0 Å². The Kier molecular flexibility index (Phi) is 6.70. The molecule has 1 amide bonds. The number of amides is 1. The van der Waals surface area contributed by atoms with E-state index in [0.29, 0.717) is 44.0 Å². The lowest BCUT2D eigenvalue weighted by molar-refractivity contribution is -0.389. The molecule has 0 saturated carbocycles. The standard InChI is InChI=1S/C25H24F3N5O6/c1-24(15-32-14-21(33(35)36)29-23(32)39-24)16-37-19-8-4-18(5-9-19)30-10-12-31(13-11-30)22(34)17-2-6-20(7-3-17)38-25(26,27)28/h2-9,14H,10-13,15-16H2,1H3. The maximum absolute atomic E-state index is 12.8. The lowest BCUT2D eigenvalue weighted by atomic mass is 10.1. The summed E-state index contributed by atoms with van der Waals surface area (Å²) in [5.74, 6) is -0.260. The van der Waals surface area contributed by atoms with E-state index in [-0.39, 0.29) is 30.1 Å². The minimum absolute atomic E-state index is 0.188. The second-order valence-electron chi connectivity index (χ2n) is 9.45. The molecule has 1 fully saturated rings. The summed E-state index contributed by atoms with van der Waals surface area (Å²) < 4.78 is 54.1. The van der Waals surface area contributed by atoms with Gasteiger partial charge < -0.3 is 34.1 Å². The fourth-order valence-corrected chi connectivity index (χ4v) is 4.50. The van der Waals surface area contributed by atoms with Gasteiger partial charge in [0.05, 0.1) is 6.54 Å². The number of hydrogen-bond donors (Lipinski definition) is 0. The van der Waals surface area contributed by atoms with Crippen LogP contribution in [0.2, 0.25) is 0 Å². The van der Waals surface area contributed by atoms with Gasteiger partial charge in [0, 0.05) is 42.4 Å². The monoisotopic (exact) mass is 547 g/mol. The number of piperazine rings is 1. The van der Waals surface area contributed by atoms with Crippen LogP contribution in [-0.2, 0) is 6.54 Å². The zero-order chi connectivity index (χ0) is 27.8. The van der Waals surface area contributed by atoms with Gasteiger partial charge in [-0.2, -0.15) is 0 Å². The Hall–Kier alpha value is -4.49. The van der Waals surface area contributed by atoms with Gasteiger partial charge in [-0.05, 0) is 60.4 Å². The fourth-order valence-electron chi connectivity index (χ4n) is 4.50. The van der Waals surface area contributed by atoms with E-state index < -0.39 is 16.9 Å². The molecule has 3 heterocycles. The average Bonchev–Trinajstić information content (AvgIpc) is 3.43. The van der Waals surface area contributed by atoms with Gasteiger partial charge in [0.1, 0.15) is 24.3 Å². The smallest absolute Gasteiger partial charge is 0.489 e. The summed E-state index contributed by atoms with van der Waals surface area (Å²) in [6.45, 7) is 4.52. The molecular formula is C25H24F3N5O6. The largest absolute Gasteiger partial charge is 0.573 e. The van der Waals surface area contributed by atoms with E-state index in [2.05, 4.69) is 14.6 Å². The highest BCUT2D eigenvalue weighted by Gasteiger charge is 2.41. The first kappa shape index (κ1) is 26.1. The van der Waals surface area contributed by atoms with E-state index in [1.54, 1.807) is 9.47 Å². The minimum Gasteiger partial charge on any atom is -0.489 e. The Morgan fingerprint density at radius 2 is 1.72 bits per heavy atom. The van der Waals surface area contributed by atoms with Crippen LogP contribution in [0.15, 0.2) is 54.7 Å². The summed E-state index contributed by atoms with van der Waals surface area (Å²) in [5, 5.41) is 10.9. The number of nitrogens with zero attached hydrogens (tertiary/aromatic N) is 5. The molecule has 206 valence electrons. The lowest BCUT2D eigenvalue weighted by Crippen LogP contribution is -2.48. The van der Waals surface area contributed by atoms with Gasteiger partial charge in [-0.15, -0.1) is 13.2 Å². The van der Waals surface area contributed by atoms with Gasteiger partial charge >= 0.3 is 18.2 Å². The number of fused-ring (bicyclic) bond motifs is 1. The van der Waals surface area contributed by atoms with Gasteiger partial charge in [-0.25, -0.2) is 0 Å². The highest BCUT2D eigenvalue weighted by molar-refractivity contribution is 5.94. The van der Waals surface area contributed by atoms with Crippen LogP contribution in [0.1, 0.15) is 17.3 Å². The number of aromatic nitrogens is 2. The lowest BCUT2D eigenvalue weighted by Gasteiger charge is -2.36. The van der Waals surface area contributed by atoms with Gasteiger partial charge in [0.25, 0.3) is 5.91 Å². The molecule has 2 aliphatic heterocycles. The first-order valence-electron chi connectivity index (χ1n) is 12.0. The average molecular weight is 547 g/mol. The van der Waals surface area contributed by atoms with E-state index in [1.807, 2.05) is 31.2 Å². The molecule has 39 heavy (non-hydrogen) atoms. The van der Waals surface area contributed by atoms with Crippen molar-refractivity contribution in [1.82, 2.24) is 14.5 Å². The van der Waals surface area contributed by atoms with Crippen molar-refractivity contribution in [2.24, 2.45) is 0 Å². The summed E-state index contributed by atoms with van der Waals surface area (Å²) in [6.07, 6.45) is -3.45. The fraction of sp³-hybridized carbons (Fsp3) is 0.360. The number of carbonyl (C=O) groups is 1. The molecule has 0 aliphatic carbocycles. The molecule has 1 saturated heterocycles. The molecule has 2 aliphatic rings. The highest BCUT2D eigenvalue weighted by Crippen LogP contribution is 2.32. The molecule has 1 atom stereocenters. The van der Waals surface area contributed by atoms with E-state index in [4.69, 9.17) is 9.47 Å². The molecule has 0 spiro atoms. The topological polar surface area (TPSA) is 112 Å². The first-order valence-corrected chi connectivity index (χ1v) is 12.0. The number of rotatable bonds is 7. The van der Waals surface area contributed by atoms with Gasteiger partial charge in [0.2, 0.25) is 0 Å². The molecule has 0 bridgehead atoms. The molecule has 11 nitrogen and oxygen atoms in total. The minimum atomic E-state index is -4.78. The molecular weight excluding hydrogens is 523 g/mol. The van der Waals surface area contributed by atoms with Crippen LogP contribution in [-0.4, -0.2) is 70.0 Å². The first-order chi connectivity index (χ1) is 18.5. The van der Waals surface area contributed by atoms with Crippen molar-refractivity contribution in [3.05, 3.63) is 70.4 Å². The van der Waals surface area contributed by atoms with E-state index in [9.17, 15) is 28.1 Å². The maximum atomic E-state index is 12.8. The van der Waals surface area contributed by atoms with Gasteiger partial charge in [0.15, 0.2) is 5.60 Å². The second kappa shape index (κ2) is 10.0. The number of hydrogen-bond acceptors (Lipinski definition) is 8. The third kappa shape index (κ3) is 5.99. The van der Waals surface area contributed by atoms with Crippen molar-refractivity contribution in [3.63, 3.8) is 0 Å². The SMILES string of the molecule is CC1(COc2ccc(N3CCN(C(=O)c4ccc(OC(F)(F)F)cc4)CC3)cc2)Cn2cc([N+](=O)[O-])nc2O1. The van der Waals surface area contributed by atoms with E-state index in [0.717, 1.165) is 17.8 Å². The third-order valence-electron chi connectivity index (χ3n) is 6.40. The molecule has 0 N–H and O–H groups in total. The Bertz CT molecular complexity index is 1330. The van der Waals surface area contributed by atoms with Gasteiger partial charge in [-0.3, -0.25) is 9.36 Å². The number of imidazole rings is 1. The molecule has 1 unspecified atom stereocenters. The molecule has 5 rings (SSSR count). The summed E-state index contributed by atoms with van der Waals surface area (Å²) in [6, 6.07) is 12.6. The van der Waals surface area contributed by atoms with Crippen LogP contribution in [0.3, 0.4) is 0 Å². The van der Waals surface area contributed by atoms with Crippen molar-refractivity contribution < 1.29 is 37.1 Å². The normalized spacial score (nSPS) is 18.9. The van der Waals surface area contributed by atoms with Crippen molar-refractivity contribution in [3.8, 4) is 17.5 Å². The molecule has 14 heteroatoms. The summed E-state index contributed by atoms with van der Waals surface area (Å²) in [5.41, 5.74) is 0.532. The summed E-state index contributed by atoms with van der Waals surface area (Å²) >= 11 is 0. The van der Waals surface area contributed by atoms with E-state index >= 15 is 0 Å². The molecule has 0 radical (unpaired) electrons. The van der Waals surface area contributed by atoms with Crippen LogP contribution in [0, 0.1) is 10.1 Å². The Morgan fingerprint density at radius 3 is 2.31 bits per heavy atom. The second-order valence-corrected chi connectivity index (χ2v) is 9.45. The van der Waals surface area contributed by atoms with Crippen molar-refractivity contribution in [2.75, 3.05) is 37.7 Å². The maximum Gasteiger partial charge on any atom is 0.573 e. The zero-order valence-corrected chi connectivity index (χ0v) is 20.8. The number of carbonyl (C=O) groups excluding carboxylic acids is 1. The highest BCUT2D eigenvalue weighted by atomic mass is 19.4. The van der Waals surface area contributed by atoms with Crippen molar-refractivity contribution in [1.29, 1.82) is 0 Å². The van der Waals surface area contributed by atoms with E-state index in [1.165, 1.54) is 18.3 Å². The zero-order valence-electron chi connectivity index (χ0n) is 20.8. The number of nitro groups is 1. The van der Waals surface area contributed by atoms with Crippen molar-refractivity contribution in [2.45, 2.75) is 25.4 Å². The quantitative estimate of drug-likeness (QED) is 0.324.